The van der Waals surface area contributed by atoms with Gasteiger partial charge in [0.15, 0.2) is 7.14 Å². The van der Waals surface area contributed by atoms with E-state index in [1.54, 1.807) is 24.3 Å². The van der Waals surface area contributed by atoms with Crippen LogP contribution in [0.1, 0.15) is 0 Å². The van der Waals surface area contributed by atoms with E-state index in [0.29, 0.717) is 5.30 Å². The first kappa shape index (κ1) is 17.7. The molecule has 2 nitrogen and oxygen atoms in total. The van der Waals surface area contributed by atoms with Crippen LogP contribution in [0, 0.1) is 0 Å². The van der Waals surface area contributed by atoms with E-state index < -0.39 is 7.14 Å². The molecule has 0 atom stereocenters. The van der Waals surface area contributed by atoms with Crippen LogP contribution in [0.4, 0.5) is 0 Å². The molecule has 0 radical (unpaired) electrons. The summed E-state index contributed by atoms with van der Waals surface area (Å²) < 4.78 is 14.7. The minimum absolute atomic E-state index is 0.164. The highest BCUT2D eigenvalue weighted by Crippen LogP contribution is 2.43. The van der Waals surface area contributed by atoms with Gasteiger partial charge in [-0.1, -0.05) is 72.8 Å². The molecular formula is C26H19O2P. The molecule has 0 amide bonds. The molecule has 0 fully saturated rings. The van der Waals surface area contributed by atoms with E-state index in [9.17, 15) is 9.67 Å². The standard InChI is InChI=1S/C26H19O2P/c27-23-11-15-24(16-12-23)29(28,25-13-9-19-5-1-3-7-21(19)17-25)26-14-10-20-6-2-4-8-22(20)18-26/h1-18,27H. The lowest BCUT2D eigenvalue weighted by Crippen LogP contribution is -2.25. The molecule has 5 rings (SSSR count). The van der Waals surface area contributed by atoms with Gasteiger partial charge in [-0.25, -0.2) is 0 Å². The Hall–Kier alpha value is -3.35. The van der Waals surface area contributed by atoms with Crippen molar-refractivity contribution in [3.63, 3.8) is 0 Å². The summed E-state index contributed by atoms with van der Waals surface area (Å²) in [7, 11) is -3.12. The fourth-order valence-electron chi connectivity index (χ4n) is 3.85. The van der Waals surface area contributed by atoms with Crippen molar-refractivity contribution in [3.8, 4) is 5.75 Å². The van der Waals surface area contributed by atoms with Gasteiger partial charge in [0.05, 0.1) is 0 Å². The predicted molar refractivity (Wildman–Crippen MR) is 123 cm³/mol. The molecule has 1 N–H and O–H groups in total. The molecular weight excluding hydrogens is 375 g/mol. The van der Waals surface area contributed by atoms with Crippen molar-refractivity contribution in [3.05, 3.63) is 109 Å². The van der Waals surface area contributed by atoms with E-state index in [2.05, 4.69) is 12.1 Å². The molecule has 0 aliphatic rings. The predicted octanol–water partition coefficient (Wildman–Crippen LogP) is 5.34. The Bertz CT molecular complexity index is 1300. The van der Waals surface area contributed by atoms with Gasteiger partial charge in [0.1, 0.15) is 5.75 Å². The topological polar surface area (TPSA) is 37.3 Å². The monoisotopic (exact) mass is 394 g/mol. The summed E-state index contributed by atoms with van der Waals surface area (Å²) in [6, 6.07) is 35.0. The molecule has 0 aliphatic carbocycles. The van der Waals surface area contributed by atoms with Gasteiger partial charge in [-0.2, -0.15) is 0 Å². The summed E-state index contributed by atoms with van der Waals surface area (Å²) in [5, 5.41) is 16.4. The molecule has 0 saturated heterocycles. The van der Waals surface area contributed by atoms with E-state index >= 15 is 0 Å². The average molecular weight is 394 g/mol. The van der Waals surface area contributed by atoms with E-state index in [1.165, 1.54) is 0 Å². The van der Waals surface area contributed by atoms with Crippen molar-refractivity contribution < 1.29 is 9.67 Å². The summed E-state index contributed by atoms with van der Waals surface area (Å²) in [4.78, 5) is 0. The molecule has 3 heteroatoms. The zero-order valence-corrected chi connectivity index (χ0v) is 16.6. The Kier molecular flexibility index (Phi) is 4.23. The SMILES string of the molecule is O=P(c1ccc(O)cc1)(c1ccc2ccccc2c1)c1ccc2ccccc2c1. The van der Waals surface area contributed by atoms with Crippen LogP contribution in [0.15, 0.2) is 109 Å². The molecule has 0 heterocycles. The first-order valence-corrected chi connectivity index (χ1v) is 11.2. The zero-order chi connectivity index (χ0) is 19.8. The molecule has 0 spiro atoms. The van der Waals surface area contributed by atoms with Crippen LogP contribution in [-0.2, 0) is 4.57 Å². The number of rotatable bonds is 3. The number of aromatic hydroxyl groups is 1. The molecule has 0 unspecified atom stereocenters. The number of hydrogen-bond acceptors (Lipinski definition) is 2. The summed E-state index contributed by atoms with van der Waals surface area (Å²) in [6.45, 7) is 0. The first-order valence-electron chi connectivity index (χ1n) is 9.53. The Morgan fingerprint density at radius 2 is 0.897 bits per heavy atom. The van der Waals surface area contributed by atoms with Crippen molar-refractivity contribution in [1.82, 2.24) is 0 Å². The minimum atomic E-state index is -3.12. The normalized spacial score (nSPS) is 11.7. The van der Waals surface area contributed by atoms with E-state index in [1.807, 2.05) is 72.8 Å². The second-order valence-corrected chi connectivity index (χ2v) is 9.96. The molecule has 0 bridgehead atoms. The highest BCUT2D eigenvalue weighted by molar-refractivity contribution is 7.85. The maximum absolute atomic E-state index is 14.7. The largest absolute Gasteiger partial charge is 0.508 e. The Morgan fingerprint density at radius 1 is 0.483 bits per heavy atom. The Morgan fingerprint density at radius 3 is 1.38 bits per heavy atom. The first-order chi connectivity index (χ1) is 14.1. The van der Waals surface area contributed by atoms with Crippen molar-refractivity contribution in [1.29, 1.82) is 0 Å². The molecule has 5 aromatic carbocycles. The van der Waals surface area contributed by atoms with Crippen molar-refractivity contribution in [2.24, 2.45) is 0 Å². The molecule has 0 saturated carbocycles. The fraction of sp³-hybridized carbons (Fsp3) is 0. The van der Waals surface area contributed by atoms with Crippen molar-refractivity contribution in [2.45, 2.75) is 0 Å². The van der Waals surface area contributed by atoms with Gasteiger partial charge in [0.2, 0.25) is 0 Å². The average Bonchev–Trinajstić information content (AvgIpc) is 2.78. The lowest BCUT2D eigenvalue weighted by molar-refractivity contribution is 0.475. The van der Waals surface area contributed by atoms with Crippen molar-refractivity contribution in [2.75, 3.05) is 0 Å². The number of phenols is 1. The van der Waals surface area contributed by atoms with Gasteiger partial charge in [-0.05, 0) is 57.9 Å². The van der Waals surface area contributed by atoms with Gasteiger partial charge in [0, 0.05) is 15.9 Å². The summed E-state index contributed by atoms with van der Waals surface area (Å²) in [5.41, 5.74) is 0. The second kappa shape index (κ2) is 6.92. The summed E-state index contributed by atoms with van der Waals surface area (Å²) in [5.74, 6) is 0.164. The third kappa shape index (κ3) is 3.03. The van der Waals surface area contributed by atoms with E-state index in [-0.39, 0.29) is 5.75 Å². The number of fused-ring (bicyclic) bond motifs is 2. The quantitative estimate of drug-likeness (QED) is 0.420. The molecule has 0 aromatic heterocycles. The van der Waals surface area contributed by atoms with Crippen LogP contribution in [0.3, 0.4) is 0 Å². The molecule has 5 aromatic rings. The van der Waals surface area contributed by atoms with E-state index in [0.717, 1.165) is 32.2 Å². The number of benzene rings is 5. The minimum Gasteiger partial charge on any atom is -0.508 e. The maximum atomic E-state index is 14.7. The van der Waals surface area contributed by atoms with Crippen LogP contribution in [-0.4, -0.2) is 5.11 Å². The van der Waals surface area contributed by atoms with Crippen molar-refractivity contribution >= 4 is 44.6 Å². The lowest BCUT2D eigenvalue weighted by atomic mass is 10.1. The molecule has 29 heavy (non-hydrogen) atoms. The van der Waals surface area contributed by atoms with Gasteiger partial charge in [0.25, 0.3) is 0 Å². The fourth-order valence-corrected chi connectivity index (χ4v) is 6.53. The Labute approximate surface area is 169 Å². The van der Waals surface area contributed by atoms with Crippen LogP contribution in [0.2, 0.25) is 0 Å². The number of hydrogen-bond donors (Lipinski definition) is 1. The lowest BCUT2D eigenvalue weighted by Gasteiger charge is -2.21. The van der Waals surface area contributed by atoms with Gasteiger partial charge < -0.3 is 9.67 Å². The summed E-state index contributed by atoms with van der Waals surface area (Å²) in [6.07, 6.45) is 0. The van der Waals surface area contributed by atoms with Gasteiger partial charge >= 0.3 is 0 Å². The van der Waals surface area contributed by atoms with Gasteiger partial charge in [-0.3, -0.25) is 0 Å². The van der Waals surface area contributed by atoms with Crippen LogP contribution in [0.25, 0.3) is 21.5 Å². The highest BCUT2D eigenvalue weighted by atomic mass is 31.2. The number of phenolic OH excluding ortho intramolecular Hbond substituents is 1. The van der Waals surface area contributed by atoms with Gasteiger partial charge in [-0.15, -0.1) is 0 Å². The third-order valence-electron chi connectivity index (χ3n) is 5.41. The van der Waals surface area contributed by atoms with Crippen LogP contribution < -0.4 is 15.9 Å². The van der Waals surface area contributed by atoms with Crippen LogP contribution in [0.5, 0.6) is 5.75 Å². The van der Waals surface area contributed by atoms with E-state index in [4.69, 9.17) is 0 Å². The second-order valence-electron chi connectivity index (χ2n) is 7.19. The third-order valence-corrected chi connectivity index (χ3v) is 8.44. The highest BCUT2D eigenvalue weighted by Gasteiger charge is 2.30. The molecule has 140 valence electrons. The maximum Gasteiger partial charge on any atom is 0.171 e. The molecule has 0 aliphatic heterocycles. The smallest absolute Gasteiger partial charge is 0.171 e. The zero-order valence-electron chi connectivity index (χ0n) is 15.7. The summed E-state index contributed by atoms with van der Waals surface area (Å²) >= 11 is 0. The van der Waals surface area contributed by atoms with Crippen LogP contribution >= 0.6 is 7.14 Å². The Balaban J connectivity index is 1.80.